The molecule has 10 heteroatoms. The van der Waals surface area contributed by atoms with Crippen LogP contribution in [0.25, 0.3) is 10.9 Å². The minimum absolute atomic E-state index is 0.0198. The van der Waals surface area contributed by atoms with E-state index in [1.54, 1.807) is 25.1 Å². The third kappa shape index (κ3) is 3.09. The van der Waals surface area contributed by atoms with Gasteiger partial charge in [0.1, 0.15) is 23.3 Å². The van der Waals surface area contributed by atoms with Crippen LogP contribution in [-0.4, -0.2) is 19.9 Å². The minimum Gasteiger partial charge on any atom is -0.382 e. The summed E-state index contributed by atoms with van der Waals surface area (Å²) < 4.78 is 0.661. The highest BCUT2D eigenvalue weighted by molar-refractivity contribution is 9.10. The van der Waals surface area contributed by atoms with Gasteiger partial charge in [0.2, 0.25) is 5.95 Å². The van der Waals surface area contributed by atoms with Crippen molar-refractivity contribution in [1.29, 1.82) is 5.26 Å². The minimum atomic E-state index is -0.461. The van der Waals surface area contributed by atoms with E-state index in [9.17, 15) is 10.1 Å². The van der Waals surface area contributed by atoms with E-state index in [1.165, 1.54) is 0 Å². The zero-order valence-corrected chi connectivity index (χ0v) is 14.6. The van der Waals surface area contributed by atoms with Gasteiger partial charge in [0, 0.05) is 4.47 Å². The molecule has 0 saturated carbocycles. The van der Waals surface area contributed by atoms with Crippen LogP contribution in [0.3, 0.4) is 0 Å². The van der Waals surface area contributed by atoms with E-state index in [-0.39, 0.29) is 28.7 Å². The predicted molar refractivity (Wildman–Crippen MR) is 97.7 cm³/mol. The summed E-state index contributed by atoms with van der Waals surface area (Å²) in [5, 5.41) is 12.7. The quantitative estimate of drug-likeness (QED) is 0.516. The summed E-state index contributed by atoms with van der Waals surface area (Å²) in [7, 11) is 0. The van der Waals surface area contributed by atoms with E-state index < -0.39 is 6.04 Å². The summed E-state index contributed by atoms with van der Waals surface area (Å²) >= 11 is 3.34. The van der Waals surface area contributed by atoms with Crippen molar-refractivity contribution in [3.05, 3.63) is 44.4 Å². The van der Waals surface area contributed by atoms with Crippen LogP contribution in [0.1, 0.15) is 24.4 Å². The molecule has 1 aromatic carbocycles. The molecule has 1 atom stereocenters. The van der Waals surface area contributed by atoms with Crippen LogP contribution >= 0.6 is 15.9 Å². The molecule has 0 aliphatic carbocycles. The fourth-order valence-corrected chi connectivity index (χ4v) is 2.89. The Kier molecular flexibility index (Phi) is 4.24. The maximum Gasteiger partial charge on any atom is 0.259 e. The first-order chi connectivity index (χ1) is 11.9. The van der Waals surface area contributed by atoms with Crippen molar-refractivity contribution in [1.82, 2.24) is 19.9 Å². The Labute approximate surface area is 150 Å². The molecule has 3 aromatic rings. The van der Waals surface area contributed by atoms with Crippen molar-refractivity contribution in [2.24, 2.45) is 0 Å². The normalized spacial score (nSPS) is 11.9. The smallest absolute Gasteiger partial charge is 0.259 e. The fraction of sp³-hybridized carbons (Fsp3) is 0.133. The molecule has 0 amide bonds. The second-order valence-electron chi connectivity index (χ2n) is 5.25. The van der Waals surface area contributed by atoms with Gasteiger partial charge in [-0.2, -0.15) is 15.2 Å². The molecule has 126 valence electrons. The van der Waals surface area contributed by atoms with Gasteiger partial charge in [0.25, 0.3) is 5.56 Å². The summed E-state index contributed by atoms with van der Waals surface area (Å²) in [5.74, 6) is 0.482. The lowest BCUT2D eigenvalue weighted by molar-refractivity contribution is 0.785. The molecule has 2 heterocycles. The average molecular weight is 401 g/mol. The standard InChI is InChI=1S/C15H13BrN8O/c1-6(20-13-7(5-17)11(18)22-15(19)24-13)12-21-9-4-2-3-8(16)10(9)14(25)23-12/h2-4,6H,1H3,(H,21,23,25)(H5,18,19,20,22,24). The molecule has 0 spiro atoms. The Morgan fingerprint density at radius 2 is 2.08 bits per heavy atom. The number of nitrogens with one attached hydrogen (secondary N) is 2. The molecule has 3 rings (SSSR count). The van der Waals surface area contributed by atoms with Crippen molar-refractivity contribution in [3.8, 4) is 6.07 Å². The van der Waals surface area contributed by atoms with Gasteiger partial charge in [-0.05, 0) is 35.0 Å². The van der Waals surface area contributed by atoms with Crippen LogP contribution in [0.5, 0.6) is 0 Å². The number of nitrogen functional groups attached to an aromatic ring is 2. The van der Waals surface area contributed by atoms with E-state index in [0.29, 0.717) is 21.2 Å². The Morgan fingerprint density at radius 3 is 2.80 bits per heavy atom. The van der Waals surface area contributed by atoms with E-state index in [1.807, 2.05) is 6.07 Å². The number of halogens is 1. The number of nitrogens with zero attached hydrogens (tertiary/aromatic N) is 4. The van der Waals surface area contributed by atoms with E-state index in [4.69, 9.17) is 11.5 Å². The summed E-state index contributed by atoms with van der Waals surface area (Å²) in [6.45, 7) is 1.76. The number of aromatic nitrogens is 4. The number of anilines is 3. The topological polar surface area (TPSA) is 159 Å². The number of aromatic amines is 1. The molecule has 0 bridgehead atoms. The summed E-state index contributed by atoms with van der Waals surface area (Å²) in [6, 6.07) is 6.77. The first-order valence-corrected chi connectivity index (χ1v) is 7.98. The number of H-pyrrole nitrogens is 1. The van der Waals surface area contributed by atoms with Crippen LogP contribution in [0.15, 0.2) is 27.5 Å². The van der Waals surface area contributed by atoms with Crippen LogP contribution < -0.4 is 22.3 Å². The molecule has 0 aliphatic rings. The molecular weight excluding hydrogens is 388 g/mol. The van der Waals surface area contributed by atoms with E-state index in [0.717, 1.165) is 0 Å². The van der Waals surface area contributed by atoms with Gasteiger partial charge < -0.3 is 21.8 Å². The number of rotatable bonds is 3. The largest absolute Gasteiger partial charge is 0.382 e. The van der Waals surface area contributed by atoms with Crippen molar-refractivity contribution < 1.29 is 0 Å². The first-order valence-electron chi connectivity index (χ1n) is 7.18. The lowest BCUT2D eigenvalue weighted by Gasteiger charge is -2.16. The highest BCUT2D eigenvalue weighted by atomic mass is 79.9. The van der Waals surface area contributed by atoms with Crippen LogP contribution in [-0.2, 0) is 0 Å². The van der Waals surface area contributed by atoms with Gasteiger partial charge >= 0.3 is 0 Å². The van der Waals surface area contributed by atoms with Crippen LogP contribution in [0, 0.1) is 11.3 Å². The predicted octanol–water partition coefficient (Wildman–Crippen LogP) is 1.68. The van der Waals surface area contributed by atoms with Gasteiger partial charge in [-0.15, -0.1) is 0 Å². The third-order valence-electron chi connectivity index (χ3n) is 3.53. The van der Waals surface area contributed by atoms with Gasteiger partial charge in [-0.3, -0.25) is 4.79 Å². The Hall–Kier alpha value is -3.19. The molecule has 6 N–H and O–H groups in total. The lowest BCUT2D eigenvalue weighted by atomic mass is 10.2. The van der Waals surface area contributed by atoms with Crippen molar-refractivity contribution >= 4 is 44.4 Å². The molecule has 0 saturated heterocycles. The number of hydrogen-bond acceptors (Lipinski definition) is 8. The second kappa shape index (κ2) is 6.37. The van der Waals surface area contributed by atoms with Gasteiger partial charge in [0.15, 0.2) is 5.82 Å². The Morgan fingerprint density at radius 1 is 1.32 bits per heavy atom. The number of nitrogens with two attached hydrogens (primary N) is 2. The van der Waals surface area contributed by atoms with E-state index in [2.05, 4.69) is 41.2 Å². The van der Waals surface area contributed by atoms with Gasteiger partial charge in [-0.1, -0.05) is 6.07 Å². The average Bonchev–Trinajstić information content (AvgIpc) is 2.54. The summed E-state index contributed by atoms with van der Waals surface area (Å²) in [4.78, 5) is 27.3. The number of hydrogen-bond donors (Lipinski definition) is 4. The summed E-state index contributed by atoms with van der Waals surface area (Å²) in [5.41, 5.74) is 11.6. The maximum atomic E-state index is 12.3. The third-order valence-corrected chi connectivity index (χ3v) is 4.19. The number of fused-ring (bicyclic) bond motifs is 1. The van der Waals surface area contributed by atoms with Crippen LogP contribution in [0.4, 0.5) is 17.6 Å². The molecule has 0 fully saturated rings. The molecule has 9 nitrogen and oxygen atoms in total. The fourth-order valence-electron chi connectivity index (χ4n) is 2.36. The van der Waals surface area contributed by atoms with Gasteiger partial charge in [-0.25, -0.2) is 4.98 Å². The molecule has 0 radical (unpaired) electrons. The highest BCUT2D eigenvalue weighted by Crippen LogP contribution is 2.24. The molecule has 1 unspecified atom stereocenters. The zero-order chi connectivity index (χ0) is 18.1. The SMILES string of the molecule is CC(Nc1nc(N)nc(N)c1C#N)c1nc2cccc(Br)c2c(=O)[nH]1. The van der Waals surface area contributed by atoms with Crippen LogP contribution in [0.2, 0.25) is 0 Å². The summed E-state index contributed by atoms with van der Waals surface area (Å²) in [6.07, 6.45) is 0. The Bertz CT molecular complexity index is 1070. The molecule has 25 heavy (non-hydrogen) atoms. The Balaban J connectivity index is 2.03. The van der Waals surface area contributed by atoms with Gasteiger partial charge in [0.05, 0.1) is 16.9 Å². The van der Waals surface area contributed by atoms with Crippen molar-refractivity contribution in [2.75, 3.05) is 16.8 Å². The molecular formula is C15H13BrN8O. The lowest BCUT2D eigenvalue weighted by Crippen LogP contribution is -2.19. The highest BCUT2D eigenvalue weighted by Gasteiger charge is 2.17. The zero-order valence-electron chi connectivity index (χ0n) is 13.0. The monoisotopic (exact) mass is 400 g/mol. The maximum absolute atomic E-state index is 12.3. The van der Waals surface area contributed by atoms with E-state index >= 15 is 0 Å². The molecule has 0 aliphatic heterocycles. The second-order valence-corrected chi connectivity index (χ2v) is 6.11. The number of nitriles is 1. The number of benzene rings is 1. The van der Waals surface area contributed by atoms with Crippen molar-refractivity contribution in [2.45, 2.75) is 13.0 Å². The first kappa shape index (κ1) is 16.7. The van der Waals surface area contributed by atoms with Crippen molar-refractivity contribution in [3.63, 3.8) is 0 Å². The molecule has 2 aromatic heterocycles.